The van der Waals surface area contributed by atoms with Gasteiger partial charge in [-0.3, -0.25) is 4.79 Å². The van der Waals surface area contributed by atoms with Crippen molar-refractivity contribution in [3.05, 3.63) is 64.2 Å². The lowest BCUT2D eigenvalue weighted by molar-refractivity contribution is 0.0954. The molecule has 2 aromatic rings. The number of nitrogens with zero attached hydrogens (tertiary/aromatic N) is 1. The average molecular weight is 293 g/mol. The summed E-state index contributed by atoms with van der Waals surface area (Å²) in [5.74, 6) is -0.448. The van der Waals surface area contributed by atoms with Gasteiger partial charge in [-0.2, -0.15) is 0 Å². The number of carbonyl (C=O) groups excluding carboxylic acids is 1. The van der Waals surface area contributed by atoms with E-state index < -0.39 is 0 Å². The van der Waals surface area contributed by atoms with E-state index in [0.29, 0.717) is 23.7 Å². The Kier molecular flexibility index (Phi) is 4.69. The SMILES string of the molecule is Cc1cc(F)ccc1CCNC(=O)c1ccc(Cl)nc1. The number of rotatable bonds is 4. The Labute approximate surface area is 121 Å². The van der Waals surface area contributed by atoms with E-state index in [0.717, 1.165) is 11.1 Å². The Morgan fingerprint density at radius 3 is 2.80 bits per heavy atom. The van der Waals surface area contributed by atoms with E-state index in [1.807, 2.05) is 6.92 Å². The number of nitrogens with one attached hydrogen (secondary N) is 1. The summed E-state index contributed by atoms with van der Waals surface area (Å²) in [5.41, 5.74) is 2.36. The molecule has 3 nitrogen and oxygen atoms in total. The Morgan fingerprint density at radius 2 is 2.15 bits per heavy atom. The number of amides is 1. The standard InChI is InChI=1S/C15H14ClFN2O/c1-10-8-13(17)4-2-11(10)6-7-18-15(20)12-3-5-14(16)19-9-12/h2-5,8-9H,6-7H2,1H3,(H,18,20). The molecule has 0 atom stereocenters. The van der Waals surface area contributed by atoms with Crippen molar-refractivity contribution in [2.75, 3.05) is 6.54 Å². The minimum atomic E-state index is -0.248. The first-order valence-electron chi connectivity index (χ1n) is 6.21. The monoisotopic (exact) mass is 292 g/mol. The second kappa shape index (κ2) is 6.48. The van der Waals surface area contributed by atoms with Crippen molar-refractivity contribution in [1.82, 2.24) is 10.3 Å². The molecule has 5 heteroatoms. The molecule has 1 aromatic carbocycles. The largest absolute Gasteiger partial charge is 0.352 e. The summed E-state index contributed by atoms with van der Waals surface area (Å²) in [7, 11) is 0. The molecule has 1 N–H and O–H groups in total. The van der Waals surface area contributed by atoms with Crippen molar-refractivity contribution in [2.24, 2.45) is 0 Å². The van der Waals surface area contributed by atoms with Gasteiger partial charge < -0.3 is 5.32 Å². The predicted molar refractivity (Wildman–Crippen MR) is 76.4 cm³/mol. The molecule has 1 heterocycles. The van der Waals surface area contributed by atoms with E-state index in [-0.39, 0.29) is 11.7 Å². The summed E-state index contributed by atoms with van der Waals surface area (Å²) in [4.78, 5) is 15.7. The van der Waals surface area contributed by atoms with E-state index in [4.69, 9.17) is 11.6 Å². The number of aryl methyl sites for hydroxylation is 1. The summed E-state index contributed by atoms with van der Waals surface area (Å²) in [5, 5.41) is 3.14. The molecule has 1 aromatic heterocycles. The number of hydrogen-bond acceptors (Lipinski definition) is 2. The maximum atomic E-state index is 13.0. The van der Waals surface area contributed by atoms with Crippen LogP contribution >= 0.6 is 11.6 Å². The van der Waals surface area contributed by atoms with Crippen LogP contribution in [0.15, 0.2) is 36.5 Å². The highest BCUT2D eigenvalue weighted by Crippen LogP contribution is 2.10. The van der Waals surface area contributed by atoms with Gasteiger partial charge in [0.15, 0.2) is 0 Å². The van der Waals surface area contributed by atoms with Gasteiger partial charge in [-0.15, -0.1) is 0 Å². The number of benzene rings is 1. The predicted octanol–water partition coefficient (Wildman–Crippen LogP) is 3.16. The normalized spacial score (nSPS) is 10.3. The molecule has 0 aliphatic heterocycles. The van der Waals surface area contributed by atoms with Gasteiger partial charge in [0.2, 0.25) is 0 Å². The fraction of sp³-hybridized carbons (Fsp3) is 0.200. The van der Waals surface area contributed by atoms with Crippen LogP contribution in [-0.2, 0) is 6.42 Å². The van der Waals surface area contributed by atoms with Crippen LogP contribution in [0.5, 0.6) is 0 Å². The van der Waals surface area contributed by atoms with Crippen LogP contribution in [0.1, 0.15) is 21.5 Å². The first-order chi connectivity index (χ1) is 9.56. The number of halogens is 2. The fourth-order valence-electron chi connectivity index (χ4n) is 1.86. The zero-order chi connectivity index (χ0) is 14.5. The third-order valence-corrected chi connectivity index (χ3v) is 3.20. The maximum Gasteiger partial charge on any atom is 0.252 e. The molecule has 104 valence electrons. The van der Waals surface area contributed by atoms with Crippen LogP contribution in [0.4, 0.5) is 4.39 Å². The quantitative estimate of drug-likeness (QED) is 0.880. The summed E-state index contributed by atoms with van der Waals surface area (Å²) >= 11 is 5.66. The van der Waals surface area contributed by atoms with Gasteiger partial charge in [-0.25, -0.2) is 9.37 Å². The Balaban J connectivity index is 1.89. The van der Waals surface area contributed by atoms with E-state index in [2.05, 4.69) is 10.3 Å². The van der Waals surface area contributed by atoms with Crippen LogP contribution < -0.4 is 5.32 Å². The van der Waals surface area contributed by atoms with Crippen LogP contribution in [-0.4, -0.2) is 17.4 Å². The summed E-state index contributed by atoms with van der Waals surface area (Å²) in [6.45, 7) is 2.33. The Morgan fingerprint density at radius 1 is 1.35 bits per heavy atom. The third-order valence-electron chi connectivity index (χ3n) is 2.97. The molecule has 2 rings (SSSR count). The first kappa shape index (κ1) is 14.5. The van der Waals surface area contributed by atoms with Crippen molar-refractivity contribution in [3.8, 4) is 0 Å². The van der Waals surface area contributed by atoms with E-state index >= 15 is 0 Å². The highest BCUT2D eigenvalue weighted by atomic mass is 35.5. The molecular formula is C15H14ClFN2O. The first-order valence-corrected chi connectivity index (χ1v) is 6.59. The van der Waals surface area contributed by atoms with Crippen molar-refractivity contribution < 1.29 is 9.18 Å². The minimum Gasteiger partial charge on any atom is -0.352 e. The van der Waals surface area contributed by atoms with Crippen molar-refractivity contribution in [3.63, 3.8) is 0 Å². The molecule has 1 amide bonds. The Hall–Kier alpha value is -1.94. The van der Waals surface area contributed by atoms with Crippen LogP contribution in [0.25, 0.3) is 0 Å². The highest BCUT2D eigenvalue weighted by molar-refractivity contribution is 6.29. The van der Waals surface area contributed by atoms with Crippen molar-refractivity contribution in [1.29, 1.82) is 0 Å². The van der Waals surface area contributed by atoms with Gasteiger partial charge in [-0.05, 0) is 48.7 Å². The number of carbonyl (C=O) groups is 1. The zero-order valence-corrected chi connectivity index (χ0v) is 11.7. The molecule has 0 saturated carbocycles. The fourth-order valence-corrected chi connectivity index (χ4v) is 1.97. The molecule has 0 radical (unpaired) electrons. The molecule has 0 fully saturated rings. The Bertz CT molecular complexity index is 614. The molecule has 0 bridgehead atoms. The minimum absolute atomic E-state index is 0.200. The smallest absolute Gasteiger partial charge is 0.252 e. The van der Waals surface area contributed by atoms with E-state index in [9.17, 15) is 9.18 Å². The van der Waals surface area contributed by atoms with Gasteiger partial charge in [0.1, 0.15) is 11.0 Å². The van der Waals surface area contributed by atoms with Crippen LogP contribution in [0.2, 0.25) is 5.15 Å². The van der Waals surface area contributed by atoms with Gasteiger partial charge in [0, 0.05) is 12.7 Å². The third kappa shape index (κ3) is 3.78. The number of hydrogen-bond donors (Lipinski definition) is 1. The van der Waals surface area contributed by atoms with Gasteiger partial charge in [0.05, 0.1) is 5.56 Å². The van der Waals surface area contributed by atoms with E-state index in [1.165, 1.54) is 18.3 Å². The van der Waals surface area contributed by atoms with E-state index in [1.54, 1.807) is 18.2 Å². The average Bonchev–Trinajstić information content (AvgIpc) is 2.42. The van der Waals surface area contributed by atoms with Gasteiger partial charge in [-0.1, -0.05) is 17.7 Å². The molecule has 0 unspecified atom stereocenters. The molecular weight excluding hydrogens is 279 g/mol. The van der Waals surface area contributed by atoms with Crippen molar-refractivity contribution in [2.45, 2.75) is 13.3 Å². The topological polar surface area (TPSA) is 42.0 Å². The number of aromatic nitrogens is 1. The van der Waals surface area contributed by atoms with Gasteiger partial charge in [0.25, 0.3) is 5.91 Å². The second-order valence-corrected chi connectivity index (χ2v) is 4.83. The second-order valence-electron chi connectivity index (χ2n) is 4.45. The summed E-state index contributed by atoms with van der Waals surface area (Å²) in [6, 6.07) is 7.84. The highest BCUT2D eigenvalue weighted by Gasteiger charge is 2.06. The molecule has 20 heavy (non-hydrogen) atoms. The number of pyridine rings is 1. The zero-order valence-electron chi connectivity index (χ0n) is 11.0. The summed E-state index contributed by atoms with van der Waals surface area (Å²) in [6.07, 6.45) is 2.08. The van der Waals surface area contributed by atoms with Gasteiger partial charge >= 0.3 is 0 Å². The molecule has 0 spiro atoms. The van der Waals surface area contributed by atoms with Crippen LogP contribution in [0, 0.1) is 12.7 Å². The lowest BCUT2D eigenvalue weighted by Gasteiger charge is -2.07. The summed E-state index contributed by atoms with van der Waals surface area (Å²) < 4.78 is 13.0. The van der Waals surface area contributed by atoms with Crippen molar-refractivity contribution >= 4 is 17.5 Å². The van der Waals surface area contributed by atoms with Crippen LogP contribution in [0.3, 0.4) is 0 Å². The lowest BCUT2D eigenvalue weighted by Crippen LogP contribution is -2.25. The lowest BCUT2D eigenvalue weighted by atomic mass is 10.1. The molecule has 0 saturated heterocycles. The molecule has 0 aliphatic rings. The molecule has 0 aliphatic carbocycles. The maximum absolute atomic E-state index is 13.0.